The van der Waals surface area contributed by atoms with Crippen LogP contribution in [0.2, 0.25) is 0 Å². The Morgan fingerprint density at radius 1 is 0.846 bits per heavy atom. The van der Waals surface area contributed by atoms with Crippen molar-refractivity contribution in [2.75, 3.05) is 7.11 Å². The van der Waals surface area contributed by atoms with Crippen molar-refractivity contribution < 1.29 is 4.74 Å². The number of methoxy groups -OCH3 is 1. The lowest BCUT2D eigenvalue weighted by molar-refractivity contribution is 0.415. The number of unbranched alkanes of at least 4 members (excludes halogenated alkanes) is 1. The van der Waals surface area contributed by atoms with Crippen LogP contribution in [0.3, 0.4) is 0 Å². The number of benzene rings is 2. The van der Waals surface area contributed by atoms with Crippen molar-refractivity contribution in [1.82, 2.24) is 4.98 Å². The van der Waals surface area contributed by atoms with Gasteiger partial charge in [-0.05, 0) is 53.3 Å². The van der Waals surface area contributed by atoms with Crippen LogP contribution in [-0.4, -0.2) is 12.1 Å². The summed E-state index contributed by atoms with van der Waals surface area (Å²) >= 11 is 0. The van der Waals surface area contributed by atoms with Crippen LogP contribution < -0.4 is 4.74 Å². The highest BCUT2D eigenvalue weighted by Gasteiger charge is 2.09. The molecule has 0 aliphatic carbocycles. The molecule has 26 heavy (non-hydrogen) atoms. The van der Waals surface area contributed by atoms with E-state index < -0.39 is 0 Å². The molecule has 1 atom stereocenters. The second-order valence-corrected chi connectivity index (χ2v) is 6.76. The van der Waals surface area contributed by atoms with Gasteiger partial charge in [-0.15, -0.1) is 0 Å². The fraction of sp³-hybridized carbons (Fsp3) is 0.292. The van der Waals surface area contributed by atoms with Crippen molar-refractivity contribution in [3.05, 3.63) is 83.7 Å². The van der Waals surface area contributed by atoms with Crippen LogP contribution in [0.4, 0.5) is 0 Å². The van der Waals surface area contributed by atoms with E-state index in [-0.39, 0.29) is 0 Å². The summed E-state index contributed by atoms with van der Waals surface area (Å²) in [5.74, 6) is 1.22. The third kappa shape index (κ3) is 4.32. The molecule has 0 N–H and O–H groups in total. The molecule has 1 aromatic heterocycles. The number of rotatable bonds is 7. The van der Waals surface area contributed by atoms with Gasteiger partial charge in [0.25, 0.3) is 0 Å². The van der Waals surface area contributed by atoms with Gasteiger partial charge in [0, 0.05) is 17.8 Å². The molecule has 0 spiro atoms. The van der Waals surface area contributed by atoms with Gasteiger partial charge in [-0.3, -0.25) is 4.98 Å². The smallest absolute Gasteiger partial charge is 0.118 e. The number of ether oxygens (including phenoxy) is 1. The first-order valence-electron chi connectivity index (χ1n) is 9.40. The van der Waals surface area contributed by atoms with Gasteiger partial charge >= 0.3 is 0 Å². The zero-order valence-electron chi connectivity index (χ0n) is 15.9. The molecule has 0 bridgehead atoms. The Morgan fingerprint density at radius 2 is 1.46 bits per heavy atom. The zero-order chi connectivity index (χ0) is 18.4. The number of pyridine rings is 1. The average Bonchev–Trinajstić information content (AvgIpc) is 2.72. The fourth-order valence-electron chi connectivity index (χ4n) is 3.14. The van der Waals surface area contributed by atoms with E-state index >= 15 is 0 Å². The maximum atomic E-state index is 5.23. The maximum Gasteiger partial charge on any atom is 0.118 e. The van der Waals surface area contributed by atoms with E-state index in [1.54, 1.807) is 7.11 Å². The molecule has 2 aromatic carbocycles. The van der Waals surface area contributed by atoms with Crippen molar-refractivity contribution in [1.29, 1.82) is 0 Å². The van der Waals surface area contributed by atoms with Crippen molar-refractivity contribution in [3.63, 3.8) is 0 Å². The Morgan fingerprint density at radius 3 is 2.00 bits per heavy atom. The first kappa shape index (κ1) is 18.2. The number of aryl methyl sites for hydroxylation is 1. The van der Waals surface area contributed by atoms with Crippen LogP contribution in [0.15, 0.2) is 66.9 Å². The second-order valence-electron chi connectivity index (χ2n) is 6.76. The lowest BCUT2D eigenvalue weighted by atomic mass is 9.92. The Labute approximate surface area is 156 Å². The van der Waals surface area contributed by atoms with E-state index in [0.717, 1.165) is 12.2 Å². The maximum absolute atomic E-state index is 5.23. The van der Waals surface area contributed by atoms with Crippen LogP contribution in [0.25, 0.3) is 11.1 Å². The topological polar surface area (TPSA) is 22.1 Å². The monoisotopic (exact) mass is 345 g/mol. The third-order valence-corrected chi connectivity index (χ3v) is 4.97. The SMILES string of the molecule is CCCCc1ccc(C(C)c2ccc(-c3ccc(OC)cc3)cc2)cn1. The van der Waals surface area contributed by atoms with E-state index in [0.29, 0.717) is 5.92 Å². The Bertz CT molecular complexity index is 804. The Kier molecular flexibility index (Phi) is 6.06. The highest BCUT2D eigenvalue weighted by Crippen LogP contribution is 2.27. The number of aromatic nitrogens is 1. The number of hydrogen-bond acceptors (Lipinski definition) is 2. The van der Waals surface area contributed by atoms with E-state index in [2.05, 4.69) is 67.4 Å². The fourth-order valence-corrected chi connectivity index (χ4v) is 3.14. The first-order chi connectivity index (χ1) is 12.7. The lowest BCUT2D eigenvalue weighted by Crippen LogP contribution is -1.98. The van der Waals surface area contributed by atoms with E-state index in [4.69, 9.17) is 4.74 Å². The van der Waals surface area contributed by atoms with Crippen LogP contribution in [-0.2, 0) is 6.42 Å². The van der Waals surface area contributed by atoms with Gasteiger partial charge in [-0.1, -0.05) is 62.7 Å². The lowest BCUT2D eigenvalue weighted by Gasteiger charge is -2.13. The van der Waals surface area contributed by atoms with E-state index in [1.807, 2.05) is 18.3 Å². The van der Waals surface area contributed by atoms with Crippen molar-refractivity contribution in [3.8, 4) is 16.9 Å². The van der Waals surface area contributed by atoms with Gasteiger partial charge < -0.3 is 4.74 Å². The molecule has 0 amide bonds. The van der Waals surface area contributed by atoms with Crippen molar-refractivity contribution >= 4 is 0 Å². The largest absolute Gasteiger partial charge is 0.497 e. The van der Waals surface area contributed by atoms with Crippen molar-refractivity contribution in [2.24, 2.45) is 0 Å². The third-order valence-electron chi connectivity index (χ3n) is 4.97. The quantitative estimate of drug-likeness (QED) is 0.505. The molecule has 0 aliphatic heterocycles. The van der Waals surface area contributed by atoms with Crippen LogP contribution in [0, 0.1) is 0 Å². The van der Waals surface area contributed by atoms with Crippen LogP contribution in [0.1, 0.15) is 49.4 Å². The number of nitrogens with zero attached hydrogens (tertiary/aromatic N) is 1. The second kappa shape index (κ2) is 8.66. The molecule has 2 heteroatoms. The first-order valence-corrected chi connectivity index (χ1v) is 9.40. The average molecular weight is 345 g/mol. The summed E-state index contributed by atoms with van der Waals surface area (Å²) in [7, 11) is 1.69. The summed E-state index contributed by atoms with van der Waals surface area (Å²) < 4.78 is 5.23. The molecule has 3 aromatic rings. The summed E-state index contributed by atoms with van der Waals surface area (Å²) in [4.78, 5) is 4.63. The zero-order valence-corrected chi connectivity index (χ0v) is 15.9. The van der Waals surface area contributed by atoms with Gasteiger partial charge in [0.1, 0.15) is 5.75 Å². The minimum Gasteiger partial charge on any atom is -0.497 e. The molecule has 3 rings (SSSR count). The minimum atomic E-state index is 0.340. The van der Waals surface area contributed by atoms with E-state index in [9.17, 15) is 0 Å². The summed E-state index contributed by atoms with van der Waals surface area (Å²) in [6.07, 6.45) is 5.52. The molecule has 1 unspecified atom stereocenters. The standard InChI is InChI=1S/C24H27NO/c1-4-5-6-23-14-11-22(17-25-23)18(2)19-7-9-20(10-8-19)21-12-15-24(26-3)16-13-21/h7-18H,4-6H2,1-3H3. The molecule has 0 saturated heterocycles. The molecule has 1 heterocycles. The molecular formula is C24H27NO. The predicted octanol–water partition coefficient (Wildman–Crippen LogP) is 6.25. The molecule has 0 radical (unpaired) electrons. The normalized spacial score (nSPS) is 12.0. The molecule has 0 fully saturated rings. The van der Waals surface area contributed by atoms with Gasteiger partial charge in [0.2, 0.25) is 0 Å². The highest BCUT2D eigenvalue weighted by molar-refractivity contribution is 5.64. The minimum absolute atomic E-state index is 0.340. The molecular weight excluding hydrogens is 318 g/mol. The molecule has 0 saturated carbocycles. The van der Waals surface area contributed by atoms with Gasteiger partial charge in [0.15, 0.2) is 0 Å². The summed E-state index contributed by atoms with van der Waals surface area (Å²) in [6, 6.07) is 21.4. The van der Waals surface area contributed by atoms with Gasteiger partial charge in [-0.2, -0.15) is 0 Å². The van der Waals surface area contributed by atoms with Gasteiger partial charge in [0.05, 0.1) is 7.11 Å². The molecule has 2 nitrogen and oxygen atoms in total. The Hall–Kier alpha value is -2.61. The summed E-state index contributed by atoms with van der Waals surface area (Å²) in [6.45, 7) is 4.46. The van der Waals surface area contributed by atoms with E-state index in [1.165, 1.54) is 40.8 Å². The molecule has 134 valence electrons. The predicted molar refractivity (Wildman–Crippen MR) is 109 cm³/mol. The van der Waals surface area contributed by atoms with Crippen molar-refractivity contribution in [2.45, 2.75) is 39.0 Å². The van der Waals surface area contributed by atoms with Crippen LogP contribution in [0.5, 0.6) is 5.75 Å². The number of hydrogen-bond donors (Lipinski definition) is 0. The summed E-state index contributed by atoms with van der Waals surface area (Å²) in [5.41, 5.74) is 6.19. The van der Waals surface area contributed by atoms with Crippen LogP contribution >= 0.6 is 0 Å². The Balaban J connectivity index is 1.72. The highest BCUT2D eigenvalue weighted by atomic mass is 16.5. The molecule has 0 aliphatic rings. The summed E-state index contributed by atoms with van der Waals surface area (Å²) in [5, 5.41) is 0. The van der Waals surface area contributed by atoms with Gasteiger partial charge in [-0.25, -0.2) is 0 Å².